The van der Waals surface area contributed by atoms with E-state index >= 15 is 0 Å². The second-order valence-electron chi connectivity index (χ2n) is 7.90. The van der Waals surface area contributed by atoms with Gasteiger partial charge in [0.1, 0.15) is 22.8 Å². The Morgan fingerprint density at radius 2 is 1.84 bits per heavy atom. The van der Waals surface area contributed by atoms with Crippen LogP contribution in [0.15, 0.2) is 47.0 Å². The number of rotatable bonds is 6. The largest absolute Gasteiger partial charge is 0.360 e. The van der Waals surface area contributed by atoms with Crippen molar-refractivity contribution in [2.24, 2.45) is 0 Å². The molecule has 1 saturated heterocycles. The standard InChI is InChI=1S/C24H25ClFN3O2/c1-16-21(23(28-31-16)22-19(25)6-5-7-20(22)26)24(30)27-14-17-8-10-18(11-9-17)15-29-12-3-2-4-13-29/h5-11H,2-4,12-15H2,1H3,(H,27,30). The van der Waals surface area contributed by atoms with Crippen LogP contribution in [0.5, 0.6) is 0 Å². The fraction of sp³-hybridized carbons (Fsp3) is 0.333. The van der Waals surface area contributed by atoms with Gasteiger partial charge in [-0.2, -0.15) is 0 Å². The summed E-state index contributed by atoms with van der Waals surface area (Å²) in [4.78, 5) is 15.3. The maximum atomic E-state index is 14.3. The highest BCUT2D eigenvalue weighted by atomic mass is 35.5. The molecule has 1 N–H and O–H groups in total. The molecule has 0 aliphatic carbocycles. The van der Waals surface area contributed by atoms with Crippen LogP contribution in [0.1, 0.15) is 46.5 Å². The summed E-state index contributed by atoms with van der Waals surface area (Å²) >= 11 is 6.15. The number of aromatic nitrogens is 1. The molecule has 1 aliphatic heterocycles. The predicted octanol–water partition coefficient (Wildman–Crippen LogP) is 5.36. The van der Waals surface area contributed by atoms with E-state index in [4.69, 9.17) is 16.1 Å². The Bertz CT molecular complexity index is 1040. The van der Waals surface area contributed by atoms with E-state index in [1.165, 1.54) is 37.0 Å². The van der Waals surface area contributed by atoms with Gasteiger partial charge in [-0.15, -0.1) is 0 Å². The number of carbonyl (C=O) groups excluding carboxylic acids is 1. The average molecular weight is 442 g/mol. The molecule has 3 aromatic rings. The summed E-state index contributed by atoms with van der Waals surface area (Å²) in [6, 6.07) is 12.6. The molecule has 4 rings (SSSR count). The Morgan fingerprint density at radius 3 is 2.55 bits per heavy atom. The molecule has 5 nitrogen and oxygen atoms in total. The van der Waals surface area contributed by atoms with E-state index in [0.717, 1.165) is 25.2 Å². The van der Waals surface area contributed by atoms with Gasteiger partial charge in [-0.05, 0) is 56.1 Å². The van der Waals surface area contributed by atoms with Gasteiger partial charge < -0.3 is 9.84 Å². The van der Waals surface area contributed by atoms with Crippen LogP contribution in [-0.4, -0.2) is 29.1 Å². The van der Waals surface area contributed by atoms with Gasteiger partial charge in [0.25, 0.3) is 5.91 Å². The van der Waals surface area contributed by atoms with E-state index in [1.54, 1.807) is 13.0 Å². The first-order valence-corrected chi connectivity index (χ1v) is 10.9. The number of benzene rings is 2. The lowest BCUT2D eigenvalue weighted by Gasteiger charge is -2.26. The fourth-order valence-corrected chi connectivity index (χ4v) is 4.20. The number of likely N-dealkylation sites (tertiary alicyclic amines) is 1. The molecule has 0 spiro atoms. The number of hydrogen-bond acceptors (Lipinski definition) is 4. The molecule has 162 valence electrons. The van der Waals surface area contributed by atoms with Gasteiger partial charge in [0.15, 0.2) is 0 Å². The Kier molecular flexibility index (Phi) is 6.68. The first-order chi connectivity index (χ1) is 15.0. The Labute approximate surface area is 186 Å². The zero-order chi connectivity index (χ0) is 21.8. The number of nitrogens with zero attached hydrogens (tertiary/aromatic N) is 2. The maximum absolute atomic E-state index is 14.3. The van der Waals surface area contributed by atoms with Gasteiger partial charge in [-0.1, -0.05) is 53.5 Å². The number of piperidine rings is 1. The number of hydrogen-bond donors (Lipinski definition) is 1. The van der Waals surface area contributed by atoms with Crippen LogP contribution in [-0.2, 0) is 13.1 Å². The molecule has 1 aromatic heterocycles. The van der Waals surface area contributed by atoms with Crippen molar-refractivity contribution in [2.45, 2.75) is 39.3 Å². The predicted molar refractivity (Wildman–Crippen MR) is 118 cm³/mol. The summed E-state index contributed by atoms with van der Waals surface area (Å²) in [6.07, 6.45) is 3.87. The SMILES string of the molecule is Cc1onc(-c2c(F)cccc2Cl)c1C(=O)NCc1ccc(CN2CCCCC2)cc1. The third kappa shape index (κ3) is 4.97. The van der Waals surface area contributed by atoms with Crippen LogP contribution in [0.4, 0.5) is 4.39 Å². The summed E-state index contributed by atoms with van der Waals surface area (Å²) in [7, 11) is 0. The first-order valence-electron chi connectivity index (χ1n) is 10.5. The molecule has 7 heteroatoms. The highest BCUT2D eigenvalue weighted by Gasteiger charge is 2.25. The summed E-state index contributed by atoms with van der Waals surface area (Å²) in [5.41, 5.74) is 2.61. The second kappa shape index (κ2) is 9.62. The number of nitrogens with one attached hydrogen (secondary N) is 1. The number of halogens is 2. The molecule has 1 fully saturated rings. The molecule has 0 bridgehead atoms. The first kappa shape index (κ1) is 21.5. The lowest BCUT2D eigenvalue weighted by atomic mass is 10.0. The monoisotopic (exact) mass is 441 g/mol. The maximum Gasteiger partial charge on any atom is 0.257 e. The van der Waals surface area contributed by atoms with Crippen molar-refractivity contribution in [1.82, 2.24) is 15.4 Å². The highest BCUT2D eigenvalue weighted by molar-refractivity contribution is 6.33. The van der Waals surface area contributed by atoms with Crippen LogP contribution < -0.4 is 5.32 Å². The smallest absolute Gasteiger partial charge is 0.257 e. The highest BCUT2D eigenvalue weighted by Crippen LogP contribution is 2.33. The minimum atomic E-state index is -0.556. The van der Waals surface area contributed by atoms with Crippen molar-refractivity contribution in [3.05, 3.63) is 75.8 Å². The van der Waals surface area contributed by atoms with E-state index in [0.29, 0.717) is 12.3 Å². The van der Waals surface area contributed by atoms with Crippen LogP contribution in [0.2, 0.25) is 5.02 Å². The van der Waals surface area contributed by atoms with E-state index in [1.807, 2.05) is 12.1 Å². The lowest BCUT2D eigenvalue weighted by Crippen LogP contribution is -2.29. The van der Waals surface area contributed by atoms with Gasteiger partial charge in [0.05, 0.1) is 10.6 Å². The summed E-state index contributed by atoms with van der Waals surface area (Å²) < 4.78 is 19.5. The van der Waals surface area contributed by atoms with Crippen molar-refractivity contribution in [2.75, 3.05) is 13.1 Å². The zero-order valence-corrected chi connectivity index (χ0v) is 18.2. The van der Waals surface area contributed by atoms with Crippen LogP contribution in [0.25, 0.3) is 11.3 Å². The third-order valence-electron chi connectivity index (χ3n) is 5.62. The normalized spacial score (nSPS) is 14.5. The van der Waals surface area contributed by atoms with Gasteiger partial charge in [0.2, 0.25) is 0 Å². The van der Waals surface area contributed by atoms with Crippen molar-refractivity contribution in [3.8, 4) is 11.3 Å². The number of carbonyl (C=O) groups is 1. The Hall–Kier alpha value is -2.70. The van der Waals surface area contributed by atoms with E-state index in [2.05, 4.69) is 27.5 Å². The fourth-order valence-electron chi connectivity index (χ4n) is 3.94. The van der Waals surface area contributed by atoms with Crippen molar-refractivity contribution >= 4 is 17.5 Å². The van der Waals surface area contributed by atoms with E-state index in [9.17, 15) is 9.18 Å². The molecular formula is C24H25ClFN3O2. The lowest BCUT2D eigenvalue weighted by molar-refractivity contribution is 0.0950. The van der Waals surface area contributed by atoms with Crippen molar-refractivity contribution < 1.29 is 13.7 Å². The molecule has 31 heavy (non-hydrogen) atoms. The molecule has 2 aromatic carbocycles. The molecular weight excluding hydrogens is 417 g/mol. The number of aryl methyl sites for hydroxylation is 1. The molecule has 0 unspecified atom stereocenters. The van der Waals surface area contributed by atoms with Gasteiger partial charge in [0, 0.05) is 13.1 Å². The molecule has 1 amide bonds. The average Bonchev–Trinajstić information content (AvgIpc) is 3.15. The van der Waals surface area contributed by atoms with Crippen molar-refractivity contribution in [1.29, 1.82) is 0 Å². The minimum absolute atomic E-state index is 0.0632. The summed E-state index contributed by atoms with van der Waals surface area (Å²) in [6.45, 7) is 5.24. The van der Waals surface area contributed by atoms with E-state index in [-0.39, 0.29) is 27.8 Å². The summed E-state index contributed by atoms with van der Waals surface area (Å²) in [5.74, 6) is -0.631. The Balaban J connectivity index is 1.43. The van der Waals surface area contributed by atoms with E-state index < -0.39 is 5.82 Å². The van der Waals surface area contributed by atoms with Gasteiger partial charge >= 0.3 is 0 Å². The van der Waals surface area contributed by atoms with Gasteiger partial charge in [-0.3, -0.25) is 9.69 Å². The second-order valence-corrected chi connectivity index (χ2v) is 8.30. The molecule has 0 radical (unpaired) electrons. The topological polar surface area (TPSA) is 58.4 Å². The third-order valence-corrected chi connectivity index (χ3v) is 5.94. The molecule has 1 aliphatic rings. The zero-order valence-electron chi connectivity index (χ0n) is 17.5. The van der Waals surface area contributed by atoms with Crippen LogP contribution in [0.3, 0.4) is 0 Å². The summed E-state index contributed by atoms with van der Waals surface area (Å²) in [5, 5.41) is 6.94. The number of amides is 1. The van der Waals surface area contributed by atoms with Gasteiger partial charge in [-0.25, -0.2) is 4.39 Å². The quantitative estimate of drug-likeness (QED) is 0.559. The Morgan fingerprint density at radius 1 is 1.13 bits per heavy atom. The molecule has 0 atom stereocenters. The van der Waals surface area contributed by atoms with Crippen LogP contribution >= 0.6 is 11.6 Å². The van der Waals surface area contributed by atoms with Crippen molar-refractivity contribution in [3.63, 3.8) is 0 Å². The molecule has 0 saturated carbocycles. The van der Waals surface area contributed by atoms with Crippen LogP contribution in [0, 0.1) is 12.7 Å². The minimum Gasteiger partial charge on any atom is -0.360 e. The molecule has 2 heterocycles.